The first-order valence-corrected chi connectivity index (χ1v) is 5.46. The van der Waals surface area contributed by atoms with Gasteiger partial charge in [0.1, 0.15) is 0 Å². The molecule has 0 aliphatic carbocycles. The van der Waals surface area contributed by atoms with Gasteiger partial charge in [-0.3, -0.25) is 4.55 Å². The molecule has 80 valence electrons. The van der Waals surface area contributed by atoms with Gasteiger partial charge in [0.05, 0.1) is 4.90 Å². The van der Waals surface area contributed by atoms with Gasteiger partial charge in [-0.15, -0.1) is 0 Å². The third-order valence-corrected chi connectivity index (χ3v) is 2.83. The number of rotatable bonds is 2. The smallest absolute Gasteiger partial charge is 0.294 e. The van der Waals surface area contributed by atoms with E-state index in [9.17, 15) is 8.42 Å². The van der Waals surface area contributed by atoms with Crippen LogP contribution in [0.2, 0.25) is 0 Å². The van der Waals surface area contributed by atoms with Crippen LogP contribution in [0.5, 0.6) is 0 Å². The maximum absolute atomic E-state index is 10.9. The Labute approximate surface area is 83.6 Å². The van der Waals surface area contributed by atoms with E-state index in [-0.39, 0.29) is 10.4 Å². The lowest BCUT2D eigenvalue weighted by Gasteiger charge is -2.05. The van der Waals surface area contributed by atoms with Gasteiger partial charge in [-0.2, -0.15) is 8.42 Å². The Kier molecular flexibility index (Phi) is 4.25. The molecule has 0 spiro atoms. The first-order valence-electron chi connectivity index (χ1n) is 4.02. The molecule has 1 aromatic rings. The van der Waals surface area contributed by atoms with Crippen LogP contribution in [0.4, 0.5) is 0 Å². The molecule has 4 nitrogen and oxygen atoms in total. The molecule has 0 radical (unpaired) electrons. The van der Waals surface area contributed by atoms with E-state index in [4.69, 9.17) is 4.55 Å². The quantitative estimate of drug-likeness (QED) is 0.751. The van der Waals surface area contributed by atoms with Crippen molar-refractivity contribution in [3.05, 3.63) is 29.3 Å². The summed E-state index contributed by atoms with van der Waals surface area (Å²) < 4.78 is 30.6. The van der Waals surface area contributed by atoms with Crippen LogP contribution in [0.25, 0.3) is 0 Å². The van der Waals surface area contributed by atoms with Gasteiger partial charge in [0.15, 0.2) is 0 Å². The zero-order chi connectivity index (χ0) is 10.1. The molecule has 5 heteroatoms. The standard InChI is InChI=1S/C9H12O3S.H2O/c1-3-8-6-7(2)4-5-9(8)13(10,11)12;/h4-6H,3H2,1-2H3,(H,10,11,12);1H2. The Bertz CT molecular complexity index is 409. The summed E-state index contributed by atoms with van der Waals surface area (Å²) in [6.07, 6.45) is 0.594. The van der Waals surface area contributed by atoms with Crippen LogP contribution in [0.15, 0.2) is 23.1 Å². The predicted molar refractivity (Wildman–Crippen MR) is 54.0 cm³/mol. The summed E-state index contributed by atoms with van der Waals surface area (Å²) in [7, 11) is -4.06. The zero-order valence-electron chi connectivity index (χ0n) is 8.11. The topological polar surface area (TPSA) is 85.9 Å². The van der Waals surface area contributed by atoms with Gasteiger partial charge in [0.2, 0.25) is 0 Å². The molecule has 0 amide bonds. The highest BCUT2D eigenvalue weighted by Crippen LogP contribution is 2.17. The van der Waals surface area contributed by atoms with Crippen molar-refractivity contribution < 1.29 is 18.4 Å². The summed E-state index contributed by atoms with van der Waals surface area (Å²) in [5, 5.41) is 0. The minimum absolute atomic E-state index is 0. The highest BCUT2D eigenvalue weighted by atomic mass is 32.2. The maximum atomic E-state index is 10.9. The molecule has 0 aliphatic rings. The second kappa shape index (κ2) is 4.54. The number of hydrogen-bond acceptors (Lipinski definition) is 2. The molecule has 3 N–H and O–H groups in total. The van der Waals surface area contributed by atoms with Gasteiger partial charge < -0.3 is 5.48 Å². The number of benzene rings is 1. The Balaban J connectivity index is 0.00000169. The van der Waals surface area contributed by atoms with Gasteiger partial charge in [-0.1, -0.05) is 24.6 Å². The lowest BCUT2D eigenvalue weighted by molar-refractivity contribution is 0.482. The van der Waals surface area contributed by atoms with E-state index >= 15 is 0 Å². The van der Waals surface area contributed by atoms with Crippen molar-refractivity contribution >= 4 is 10.1 Å². The average Bonchev–Trinajstić information content (AvgIpc) is 2.01. The fraction of sp³-hybridized carbons (Fsp3) is 0.333. The molecule has 1 aromatic carbocycles. The fourth-order valence-electron chi connectivity index (χ4n) is 1.24. The maximum Gasteiger partial charge on any atom is 0.294 e. The van der Waals surface area contributed by atoms with E-state index in [0.717, 1.165) is 5.56 Å². The second-order valence-corrected chi connectivity index (χ2v) is 4.33. The van der Waals surface area contributed by atoms with Crippen LogP contribution < -0.4 is 0 Å². The normalized spacial score (nSPS) is 10.8. The molecule has 14 heavy (non-hydrogen) atoms. The summed E-state index contributed by atoms with van der Waals surface area (Å²) in [6.45, 7) is 3.73. The summed E-state index contributed by atoms with van der Waals surface area (Å²) >= 11 is 0. The van der Waals surface area contributed by atoms with Crippen molar-refractivity contribution in [1.82, 2.24) is 0 Å². The molecule has 0 unspecified atom stereocenters. The van der Waals surface area contributed by atoms with Gasteiger partial charge in [-0.25, -0.2) is 0 Å². The molecule has 0 heterocycles. The van der Waals surface area contributed by atoms with Crippen molar-refractivity contribution in [3.8, 4) is 0 Å². The molecular formula is C9H14O4S. The lowest BCUT2D eigenvalue weighted by atomic mass is 10.1. The van der Waals surface area contributed by atoms with Gasteiger partial charge in [-0.05, 0) is 25.0 Å². The summed E-state index contributed by atoms with van der Waals surface area (Å²) in [6, 6.07) is 4.87. The molecule has 0 aromatic heterocycles. The van der Waals surface area contributed by atoms with E-state index in [0.29, 0.717) is 12.0 Å². The Morgan fingerprint density at radius 1 is 1.36 bits per heavy atom. The number of aryl methyl sites for hydroxylation is 2. The van der Waals surface area contributed by atoms with Crippen LogP contribution in [0.1, 0.15) is 18.1 Å². The zero-order valence-corrected chi connectivity index (χ0v) is 8.93. The van der Waals surface area contributed by atoms with Crippen LogP contribution in [0.3, 0.4) is 0 Å². The van der Waals surface area contributed by atoms with Crippen LogP contribution in [-0.2, 0) is 16.5 Å². The first kappa shape index (κ1) is 13.1. The molecule has 0 aliphatic heterocycles. The molecular weight excluding hydrogens is 204 g/mol. The van der Waals surface area contributed by atoms with Crippen LogP contribution >= 0.6 is 0 Å². The van der Waals surface area contributed by atoms with Gasteiger partial charge in [0, 0.05) is 0 Å². The Hall–Kier alpha value is -0.910. The van der Waals surface area contributed by atoms with E-state index in [1.165, 1.54) is 6.07 Å². The van der Waals surface area contributed by atoms with E-state index in [2.05, 4.69) is 0 Å². The highest BCUT2D eigenvalue weighted by Gasteiger charge is 2.13. The monoisotopic (exact) mass is 218 g/mol. The van der Waals surface area contributed by atoms with E-state index in [1.54, 1.807) is 12.1 Å². The van der Waals surface area contributed by atoms with Crippen LogP contribution in [-0.4, -0.2) is 18.4 Å². The number of hydrogen-bond donors (Lipinski definition) is 1. The minimum Gasteiger partial charge on any atom is -0.412 e. The van der Waals surface area contributed by atoms with E-state index in [1.807, 2.05) is 13.8 Å². The average molecular weight is 218 g/mol. The molecule has 0 bridgehead atoms. The van der Waals surface area contributed by atoms with Gasteiger partial charge >= 0.3 is 0 Å². The van der Waals surface area contributed by atoms with Crippen molar-refractivity contribution in [2.45, 2.75) is 25.2 Å². The van der Waals surface area contributed by atoms with E-state index < -0.39 is 10.1 Å². The molecule has 0 saturated carbocycles. The molecule has 0 saturated heterocycles. The predicted octanol–water partition coefficient (Wildman–Crippen LogP) is 0.979. The van der Waals surface area contributed by atoms with Crippen molar-refractivity contribution in [2.75, 3.05) is 0 Å². The van der Waals surface area contributed by atoms with Crippen molar-refractivity contribution in [3.63, 3.8) is 0 Å². The largest absolute Gasteiger partial charge is 0.412 e. The molecule has 1 rings (SSSR count). The SMILES string of the molecule is CCc1cc(C)ccc1S(=O)(=O)O.O. The third-order valence-electron chi connectivity index (χ3n) is 1.87. The Morgan fingerprint density at radius 2 is 1.93 bits per heavy atom. The minimum atomic E-state index is -4.06. The highest BCUT2D eigenvalue weighted by molar-refractivity contribution is 7.85. The summed E-state index contributed by atoms with van der Waals surface area (Å²) in [5.74, 6) is 0. The lowest BCUT2D eigenvalue weighted by Crippen LogP contribution is -2.02. The summed E-state index contributed by atoms with van der Waals surface area (Å²) in [4.78, 5) is 0.0144. The second-order valence-electron chi connectivity index (χ2n) is 2.94. The third kappa shape index (κ3) is 2.80. The Morgan fingerprint density at radius 3 is 2.36 bits per heavy atom. The molecule has 0 atom stereocenters. The fourth-order valence-corrected chi connectivity index (χ4v) is 2.01. The van der Waals surface area contributed by atoms with Gasteiger partial charge in [0.25, 0.3) is 10.1 Å². The van der Waals surface area contributed by atoms with Crippen LogP contribution in [0, 0.1) is 6.92 Å². The molecule has 0 fully saturated rings. The van der Waals surface area contributed by atoms with Crippen molar-refractivity contribution in [2.24, 2.45) is 0 Å². The summed E-state index contributed by atoms with van der Waals surface area (Å²) in [5.41, 5.74) is 1.65. The first-order chi connectivity index (χ1) is 5.95. The van der Waals surface area contributed by atoms with Crippen molar-refractivity contribution in [1.29, 1.82) is 0 Å².